The van der Waals surface area contributed by atoms with E-state index in [-0.39, 0.29) is 22.8 Å². The maximum absolute atomic E-state index is 11.6. The van der Waals surface area contributed by atoms with Crippen LogP contribution >= 0.6 is 0 Å². The van der Waals surface area contributed by atoms with Crippen LogP contribution in [-0.4, -0.2) is 73.0 Å². The van der Waals surface area contributed by atoms with Crippen molar-refractivity contribution in [3.63, 3.8) is 0 Å². The van der Waals surface area contributed by atoms with Gasteiger partial charge in [-0.3, -0.25) is 15.0 Å². The fourth-order valence-electron chi connectivity index (χ4n) is 4.95. The van der Waals surface area contributed by atoms with Crippen LogP contribution in [0.2, 0.25) is 0 Å². The molecule has 2 N–H and O–H groups in total. The molecule has 1 aromatic rings. The Morgan fingerprint density at radius 3 is 2.93 bits per heavy atom. The fourth-order valence-corrected chi connectivity index (χ4v) is 4.95. The van der Waals surface area contributed by atoms with Gasteiger partial charge in [-0.2, -0.15) is 0 Å². The first-order valence-electron chi connectivity index (χ1n) is 9.81. The number of hydrogen-bond donors (Lipinski definition) is 2. The normalized spacial score (nSPS) is 28.3. The van der Waals surface area contributed by atoms with Crippen LogP contribution in [0.15, 0.2) is 18.2 Å². The first-order chi connectivity index (χ1) is 13.1. The van der Waals surface area contributed by atoms with Gasteiger partial charge in [0.1, 0.15) is 5.69 Å². The fraction of sp³-hybridized carbons (Fsp3) is 0.684. The number of nitrogens with one attached hydrogen (secondary N) is 1. The highest BCUT2D eigenvalue weighted by molar-refractivity contribution is 5.70. The van der Waals surface area contributed by atoms with Gasteiger partial charge in [0, 0.05) is 44.5 Å². The standard InChI is InChI=1S/C19H28N4O4/c24-8-5-21-13-15-3-4-19(12-15,14-21)20-17-11-16(1-2-18(17)23(25)26)22-6-9-27-10-7-22/h1-2,11,15,20,24H,3-10,12-14H2. The highest BCUT2D eigenvalue weighted by atomic mass is 16.6. The molecule has 3 fully saturated rings. The summed E-state index contributed by atoms with van der Waals surface area (Å²) in [5, 5.41) is 24.5. The smallest absolute Gasteiger partial charge is 0.292 e. The summed E-state index contributed by atoms with van der Waals surface area (Å²) < 4.78 is 5.42. The topological polar surface area (TPSA) is 91.1 Å². The lowest BCUT2D eigenvalue weighted by atomic mass is 9.90. The van der Waals surface area contributed by atoms with E-state index < -0.39 is 0 Å². The van der Waals surface area contributed by atoms with Crippen LogP contribution in [0.1, 0.15) is 19.3 Å². The van der Waals surface area contributed by atoms with E-state index in [4.69, 9.17) is 4.74 Å². The third kappa shape index (κ3) is 3.88. The van der Waals surface area contributed by atoms with Crippen molar-refractivity contribution in [3.05, 3.63) is 28.3 Å². The molecular formula is C19H28N4O4. The number of rotatable bonds is 6. The Labute approximate surface area is 159 Å². The van der Waals surface area contributed by atoms with Crippen LogP contribution in [0.5, 0.6) is 0 Å². The minimum atomic E-state index is -0.303. The molecule has 148 valence electrons. The van der Waals surface area contributed by atoms with E-state index in [0.29, 0.717) is 31.4 Å². The minimum Gasteiger partial charge on any atom is -0.395 e. The van der Waals surface area contributed by atoms with E-state index >= 15 is 0 Å². The van der Waals surface area contributed by atoms with Crippen molar-refractivity contribution in [2.45, 2.75) is 24.8 Å². The molecule has 8 nitrogen and oxygen atoms in total. The number of nitro benzene ring substituents is 1. The van der Waals surface area contributed by atoms with Gasteiger partial charge in [0.25, 0.3) is 5.69 Å². The number of aliphatic hydroxyl groups is 1. The largest absolute Gasteiger partial charge is 0.395 e. The molecule has 3 aliphatic rings. The minimum absolute atomic E-state index is 0.129. The highest BCUT2D eigenvalue weighted by Crippen LogP contribution is 2.43. The SMILES string of the molecule is O=[N+]([O-])c1ccc(N2CCOCC2)cc1NC12CCC(CN(CCO)C1)C2. The molecule has 8 heteroatoms. The molecule has 1 saturated carbocycles. The summed E-state index contributed by atoms with van der Waals surface area (Å²) in [5.74, 6) is 0.597. The molecule has 1 aromatic carbocycles. The molecule has 27 heavy (non-hydrogen) atoms. The Bertz CT molecular complexity index is 694. The first-order valence-corrected chi connectivity index (χ1v) is 9.81. The number of hydrogen-bond acceptors (Lipinski definition) is 7. The third-order valence-corrected chi connectivity index (χ3v) is 6.12. The number of aliphatic hydroxyl groups excluding tert-OH is 1. The maximum atomic E-state index is 11.6. The number of benzene rings is 1. The van der Waals surface area contributed by atoms with Gasteiger partial charge >= 0.3 is 0 Å². The lowest BCUT2D eigenvalue weighted by molar-refractivity contribution is -0.384. The zero-order chi connectivity index (χ0) is 18.9. The van der Waals surface area contributed by atoms with E-state index in [1.54, 1.807) is 6.07 Å². The molecule has 2 bridgehead atoms. The van der Waals surface area contributed by atoms with Crippen LogP contribution in [0.25, 0.3) is 0 Å². The maximum Gasteiger partial charge on any atom is 0.292 e. The first kappa shape index (κ1) is 18.5. The second kappa shape index (κ2) is 7.61. The van der Waals surface area contributed by atoms with Gasteiger partial charge in [0.15, 0.2) is 0 Å². The Kier molecular flexibility index (Phi) is 5.21. The van der Waals surface area contributed by atoms with Gasteiger partial charge < -0.3 is 20.1 Å². The molecule has 0 spiro atoms. The molecule has 1 aliphatic carbocycles. The number of ether oxygens (including phenoxy) is 1. The predicted octanol–water partition coefficient (Wildman–Crippen LogP) is 1.69. The van der Waals surface area contributed by atoms with Gasteiger partial charge in [0.05, 0.1) is 30.3 Å². The van der Waals surface area contributed by atoms with E-state index in [1.165, 1.54) is 0 Å². The van der Waals surface area contributed by atoms with E-state index in [1.807, 2.05) is 12.1 Å². The number of morpholine rings is 1. The van der Waals surface area contributed by atoms with Crippen LogP contribution < -0.4 is 10.2 Å². The second-order valence-corrected chi connectivity index (χ2v) is 8.03. The molecule has 0 amide bonds. The van der Waals surface area contributed by atoms with Gasteiger partial charge in [-0.1, -0.05) is 0 Å². The zero-order valence-corrected chi connectivity index (χ0v) is 15.6. The number of piperidine rings is 1. The lowest BCUT2D eigenvalue weighted by Crippen LogP contribution is -2.52. The molecule has 2 unspecified atom stereocenters. The summed E-state index contributed by atoms with van der Waals surface area (Å²) in [4.78, 5) is 15.8. The van der Waals surface area contributed by atoms with Gasteiger partial charge in [-0.05, 0) is 37.3 Å². The molecule has 2 atom stereocenters. The third-order valence-electron chi connectivity index (χ3n) is 6.12. The van der Waals surface area contributed by atoms with Crippen molar-refractivity contribution in [1.29, 1.82) is 0 Å². The molecule has 2 heterocycles. The lowest BCUT2D eigenvalue weighted by Gasteiger charge is -2.41. The highest BCUT2D eigenvalue weighted by Gasteiger charge is 2.45. The average molecular weight is 376 g/mol. The number of nitrogens with zero attached hydrogens (tertiary/aromatic N) is 3. The molecular weight excluding hydrogens is 348 g/mol. The molecule has 0 radical (unpaired) electrons. The van der Waals surface area contributed by atoms with Gasteiger partial charge in [-0.15, -0.1) is 0 Å². The molecule has 2 saturated heterocycles. The predicted molar refractivity (Wildman–Crippen MR) is 103 cm³/mol. The van der Waals surface area contributed by atoms with Crippen molar-refractivity contribution in [1.82, 2.24) is 4.90 Å². The number of fused-ring (bicyclic) bond motifs is 2. The number of anilines is 2. The Hall–Kier alpha value is -1.90. The van der Waals surface area contributed by atoms with Crippen LogP contribution in [0, 0.1) is 16.0 Å². The number of β-amino-alcohol motifs (C(OH)–C–C–N with tert-alkyl or cyclic N) is 1. The van der Waals surface area contributed by atoms with Crippen molar-refractivity contribution in [2.24, 2.45) is 5.92 Å². The number of nitro groups is 1. The second-order valence-electron chi connectivity index (χ2n) is 8.03. The average Bonchev–Trinajstić information content (AvgIpc) is 2.96. The van der Waals surface area contributed by atoms with Crippen LogP contribution in [-0.2, 0) is 4.74 Å². The van der Waals surface area contributed by atoms with Crippen molar-refractivity contribution < 1.29 is 14.8 Å². The summed E-state index contributed by atoms with van der Waals surface area (Å²) in [6.07, 6.45) is 3.18. The monoisotopic (exact) mass is 376 g/mol. The van der Waals surface area contributed by atoms with Crippen LogP contribution in [0.4, 0.5) is 17.1 Å². The summed E-state index contributed by atoms with van der Waals surface area (Å²) in [6, 6.07) is 5.38. The zero-order valence-electron chi connectivity index (χ0n) is 15.6. The molecule has 0 aromatic heterocycles. The summed E-state index contributed by atoms with van der Waals surface area (Å²) in [6.45, 7) is 5.61. The number of likely N-dealkylation sites (tertiary alicyclic amines) is 1. The quantitative estimate of drug-likeness (QED) is 0.577. The van der Waals surface area contributed by atoms with E-state index in [0.717, 1.165) is 51.1 Å². The summed E-state index contributed by atoms with van der Waals surface area (Å²) in [5.41, 5.74) is 1.59. The van der Waals surface area contributed by atoms with Crippen molar-refractivity contribution in [2.75, 3.05) is 62.8 Å². The van der Waals surface area contributed by atoms with Crippen molar-refractivity contribution >= 4 is 17.1 Å². The van der Waals surface area contributed by atoms with Gasteiger partial charge in [0.2, 0.25) is 0 Å². The van der Waals surface area contributed by atoms with E-state index in [9.17, 15) is 15.2 Å². The Morgan fingerprint density at radius 2 is 2.19 bits per heavy atom. The Balaban J connectivity index is 1.60. The van der Waals surface area contributed by atoms with Gasteiger partial charge in [-0.25, -0.2) is 0 Å². The molecule has 2 aliphatic heterocycles. The van der Waals surface area contributed by atoms with Crippen LogP contribution in [0.3, 0.4) is 0 Å². The summed E-state index contributed by atoms with van der Waals surface area (Å²) in [7, 11) is 0. The summed E-state index contributed by atoms with van der Waals surface area (Å²) >= 11 is 0. The van der Waals surface area contributed by atoms with E-state index in [2.05, 4.69) is 15.1 Å². The Morgan fingerprint density at radius 1 is 1.37 bits per heavy atom. The van der Waals surface area contributed by atoms with Crippen molar-refractivity contribution in [3.8, 4) is 0 Å². The molecule has 4 rings (SSSR count).